The molecule has 4 rings (SSSR count). The van der Waals surface area contributed by atoms with Gasteiger partial charge in [0.15, 0.2) is 5.69 Å². The number of carbonyl (C=O) groups excluding carboxylic acids is 2. The summed E-state index contributed by atoms with van der Waals surface area (Å²) in [4.78, 5) is 34.3. The van der Waals surface area contributed by atoms with Gasteiger partial charge in [-0.25, -0.2) is 4.98 Å². The van der Waals surface area contributed by atoms with Gasteiger partial charge in [0.05, 0.1) is 17.8 Å². The molecule has 3 heterocycles. The average molecular weight is 391 g/mol. The van der Waals surface area contributed by atoms with E-state index in [1.807, 2.05) is 30.3 Å². The van der Waals surface area contributed by atoms with Crippen LogP contribution in [0.2, 0.25) is 0 Å². The first-order valence-corrected chi connectivity index (χ1v) is 10.2. The fourth-order valence-corrected chi connectivity index (χ4v) is 3.80. The van der Waals surface area contributed by atoms with Crippen LogP contribution in [0.15, 0.2) is 48.8 Å². The van der Waals surface area contributed by atoms with Gasteiger partial charge in [-0.3, -0.25) is 19.0 Å². The lowest BCUT2D eigenvalue weighted by atomic mass is 10.1. The van der Waals surface area contributed by atoms with Crippen LogP contribution >= 0.6 is 0 Å². The van der Waals surface area contributed by atoms with Gasteiger partial charge in [0.1, 0.15) is 0 Å². The van der Waals surface area contributed by atoms with Crippen LogP contribution in [0, 0.1) is 0 Å². The van der Waals surface area contributed by atoms with Crippen molar-refractivity contribution in [1.82, 2.24) is 25.0 Å². The Balaban J connectivity index is 1.54. The first-order chi connectivity index (χ1) is 14.2. The average Bonchev–Trinajstić information content (AvgIpc) is 2.96. The predicted molar refractivity (Wildman–Crippen MR) is 110 cm³/mol. The fraction of sp³-hybridized carbons (Fsp3) is 0.364. The number of aromatic nitrogens is 3. The van der Waals surface area contributed by atoms with E-state index in [4.69, 9.17) is 0 Å². The number of pyridine rings is 2. The molecule has 0 aromatic carbocycles. The molecular weight excluding hydrogens is 366 g/mol. The van der Waals surface area contributed by atoms with Crippen molar-refractivity contribution >= 4 is 17.3 Å². The molecule has 3 aromatic heterocycles. The summed E-state index contributed by atoms with van der Waals surface area (Å²) in [6, 6.07) is 11.2. The summed E-state index contributed by atoms with van der Waals surface area (Å²) in [5.74, 6) is -0.317. The normalized spacial score (nSPS) is 15.0. The van der Waals surface area contributed by atoms with Crippen LogP contribution in [-0.4, -0.2) is 32.2 Å². The molecule has 0 aliphatic heterocycles. The van der Waals surface area contributed by atoms with E-state index in [2.05, 4.69) is 20.6 Å². The minimum Gasteiger partial charge on any atom is -0.347 e. The number of nitrogens with zero attached hydrogens (tertiary/aromatic N) is 3. The minimum absolute atomic E-state index is 0.169. The van der Waals surface area contributed by atoms with Gasteiger partial charge in [-0.1, -0.05) is 37.8 Å². The molecule has 150 valence electrons. The molecule has 7 heteroatoms. The summed E-state index contributed by atoms with van der Waals surface area (Å²) in [5.41, 5.74) is 1.61. The van der Waals surface area contributed by atoms with E-state index in [0.717, 1.165) is 31.4 Å². The molecule has 29 heavy (non-hydrogen) atoms. The highest BCUT2D eigenvalue weighted by atomic mass is 16.2. The molecule has 1 saturated carbocycles. The molecule has 0 bridgehead atoms. The maximum Gasteiger partial charge on any atom is 0.287 e. The van der Waals surface area contributed by atoms with Crippen molar-refractivity contribution in [2.45, 2.75) is 51.1 Å². The molecule has 0 unspecified atom stereocenters. The van der Waals surface area contributed by atoms with Crippen molar-refractivity contribution in [3.63, 3.8) is 0 Å². The molecule has 0 atom stereocenters. The minimum atomic E-state index is -0.326. The van der Waals surface area contributed by atoms with Crippen molar-refractivity contribution < 1.29 is 9.59 Å². The first kappa shape index (κ1) is 19.1. The first-order valence-electron chi connectivity index (χ1n) is 10.2. The van der Waals surface area contributed by atoms with Crippen molar-refractivity contribution in [1.29, 1.82) is 0 Å². The van der Waals surface area contributed by atoms with Crippen LogP contribution in [0.25, 0.3) is 5.52 Å². The Bertz CT molecular complexity index is 991. The molecule has 2 amide bonds. The highest BCUT2D eigenvalue weighted by molar-refractivity contribution is 6.02. The zero-order valence-electron chi connectivity index (χ0n) is 16.3. The molecular formula is C22H25N5O2. The van der Waals surface area contributed by atoms with E-state index in [1.54, 1.807) is 22.9 Å². The Kier molecular flexibility index (Phi) is 5.84. The third-order valence-electron chi connectivity index (χ3n) is 5.31. The van der Waals surface area contributed by atoms with Crippen molar-refractivity contribution in [2.24, 2.45) is 0 Å². The zero-order chi connectivity index (χ0) is 20.1. The van der Waals surface area contributed by atoms with Crippen molar-refractivity contribution in [3.05, 3.63) is 66.0 Å². The summed E-state index contributed by atoms with van der Waals surface area (Å²) in [6.07, 6.45) is 10.1. The van der Waals surface area contributed by atoms with E-state index in [1.165, 1.54) is 12.8 Å². The number of nitrogens with one attached hydrogen (secondary N) is 2. The van der Waals surface area contributed by atoms with Gasteiger partial charge < -0.3 is 10.6 Å². The Morgan fingerprint density at radius 2 is 1.79 bits per heavy atom. The molecule has 2 N–H and O–H groups in total. The van der Waals surface area contributed by atoms with Crippen LogP contribution in [0.1, 0.15) is 65.3 Å². The number of fused-ring (bicyclic) bond motifs is 1. The summed E-state index contributed by atoms with van der Waals surface area (Å²) >= 11 is 0. The molecule has 0 saturated heterocycles. The van der Waals surface area contributed by atoms with Crippen LogP contribution in [0.4, 0.5) is 0 Å². The van der Waals surface area contributed by atoms with Gasteiger partial charge in [0.2, 0.25) is 5.82 Å². The van der Waals surface area contributed by atoms with Crippen LogP contribution in [-0.2, 0) is 6.54 Å². The largest absolute Gasteiger partial charge is 0.347 e. The highest BCUT2D eigenvalue weighted by Gasteiger charge is 2.23. The van der Waals surface area contributed by atoms with E-state index in [0.29, 0.717) is 12.1 Å². The summed E-state index contributed by atoms with van der Waals surface area (Å²) < 4.78 is 1.68. The van der Waals surface area contributed by atoms with Crippen LogP contribution in [0.3, 0.4) is 0 Å². The maximum atomic E-state index is 12.9. The molecule has 1 aliphatic carbocycles. The van der Waals surface area contributed by atoms with Gasteiger partial charge >= 0.3 is 0 Å². The second-order valence-corrected chi connectivity index (χ2v) is 7.41. The lowest BCUT2D eigenvalue weighted by Gasteiger charge is -2.15. The molecule has 0 spiro atoms. The van der Waals surface area contributed by atoms with E-state index < -0.39 is 0 Å². The van der Waals surface area contributed by atoms with E-state index in [-0.39, 0.29) is 29.4 Å². The van der Waals surface area contributed by atoms with Gasteiger partial charge in [-0.15, -0.1) is 0 Å². The number of hydrogen-bond donors (Lipinski definition) is 2. The second-order valence-electron chi connectivity index (χ2n) is 7.41. The Hall–Kier alpha value is -3.22. The Morgan fingerprint density at radius 1 is 1.00 bits per heavy atom. The zero-order valence-corrected chi connectivity index (χ0v) is 16.3. The number of hydrogen-bond acceptors (Lipinski definition) is 4. The monoisotopic (exact) mass is 391 g/mol. The molecule has 1 aliphatic rings. The topological polar surface area (TPSA) is 88.4 Å². The van der Waals surface area contributed by atoms with Crippen LogP contribution < -0.4 is 10.6 Å². The lowest BCUT2D eigenvalue weighted by molar-refractivity contribution is 0.0922. The van der Waals surface area contributed by atoms with Gasteiger partial charge in [0, 0.05) is 18.4 Å². The molecule has 7 nitrogen and oxygen atoms in total. The summed E-state index contributed by atoms with van der Waals surface area (Å²) in [7, 11) is 0. The van der Waals surface area contributed by atoms with Gasteiger partial charge in [-0.05, 0) is 37.1 Å². The van der Waals surface area contributed by atoms with Crippen LogP contribution in [0.5, 0.6) is 0 Å². The third-order valence-corrected chi connectivity index (χ3v) is 5.31. The van der Waals surface area contributed by atoms with E-state index >= 15 is 0 Å². The quantitative estimate of drug-likeness (QED) is 0.654. The lowest BCUT2D eigenvalue weighted by Crippen LogP contribution is -2.35. The summed E-state index contributed by atoms with van der Waals surface area (Å²) in [6.45, 7) is 0.301. The van der Waals surface area contributed by atoms with Crippen molar-refractivity contribution in [3.8, 4) is 0 Å². The van der Waals surface area contributed by atoms with E-state index in [9.17, 15) is 9.59 Å². The number of rotatable bonds is 5. The summed E-state index contributed by atoms with van der Waals surface area (Å²) in [5, 5.41) is 5.95. The Morgan fingerprint density at radius 3 is 2.55 bits per heavy atom. The maximum absolute atomic E-state index is 12.9. The fourth-order valence-electron chi connectivity index (χ4n) is 3.80. The second kappa shape index (κ2) is 8.86. The SMILES string of the molecule is O=C(NCc1ccccn1)c1nc(C(=O)NC2CCCCCC2)n2ccccc12. The smallest absolute Gasteiger partial charge is 0.287 e. The van der Waals surface area contributed by atoms with Gasteiger partial charge in [-0.2, -0.15) is 0 Å². The number of imidazole rings is 1. The molecule has 3 aromatic rings. The van der Waals surface area contributed by atoms with Crippen molar-refractivity contribution in [2.75, 3.05) is 0 Å². The molecule has 1 fully saturated rings. The number of carbonyl (C=O) groups is 2. The Labute approximate surface area is 169 Å². The van der Waals surface area contributed by atoms with Gasteiger partial charge in [0.25, 0.3) is 11.8 Å². The number of amides is 2. The molecule has 0 radical (unpaired) electrons. The predicted octanol–water partition coefficient (Wildman–Crippen LogP) is 3.11. The third kappa shape index (κ3) is 4.45. The highest BCUT2D eigenvalue weighted by Crippen LogP contribution is 2.18. The standard InChI is InChI=1S/C22H25N5O2/c28-21(24-15-17-11-5-7-13-23-17)19-18-12-6-8-14-27(18)20(26-19)22(29)25-16-9-3-1-2-4-10-16/h5-8,11-14,16H,1-4,9-10,15H2,(H,24,28)(H,25,29).